The van der Waals surface area contributed by atoms with Gasteiger partial charge < -0.3 is 10.2 Å². The molecule has 0 saturated heterocycles. The van der Waals surface area contributed by atoms with Crippen LogP contribution in [0.4, 0.5) is 10.1 Å². The second-order valence-corrected chi connectivity index (χ2v) is 5.66. The molecule has 2 aromatic carbocycles. The molecule has 0 fully saturated rings. The number of anilines is 1. The molecule has 0 saturated carbocycles. The summed E-state index contributed by atoms with van der Waals surface area (Å²) in [5.41, 5.74) is 3.44. The summed E-state index contributed by atoms with van der Waals surface area (Å²) >= 11 is 0. The van der Waals surface area contributed by atoms with E-state index in [1.54, 1.807) is 30.1 Å². The Balaban J connectivity index is 0.00000192. The molecule has 1 heterocycles. The van der Waals surface area contributed by atoms with Gasteiger partial charge in [0, 0.05) is 30.4 Å². The number of carbonyl (C=O) groups excluding carboxylic acids is 1. The van der Waals surface area contributed by atoms with E-state index in [1.165, 1.54) is 6.07 Å². The van der Waals surface area contributed by atoms with Gasteiger partial charge >= 0.3 is 0 Å². The molecule has 5 heteroatoms. The Morgan fingerprint density at radius 1 is 1.26 bits per heavy atom. The topological polar surface area (TPSA) is 32.3 Å². The molecule has 1 aliphatic heterocycles. The summed E-state index contributed by atoms with van der Waals surface area (Å²) in [7, 11) is 1.71. The van der Waals surface area contributed by atoms with Crippen molar-refractivity contribution in [1.82, 2.24) is 4.90 Å². The summed E-state index contributed by atoms with van der Waals surface area (Å²) in [6.07, 6.45) is 0.934. The summed E-state index contributed by atoms with van der Waals surface area (Å²) in [5.74, 6) is -0.377. The van der Waals surface area contributed by atoms with Crippen LogP contribution in [-0.2, 0) is 6.42 Å². The van der Waals surface area contributed by atoms with Crippen molar-refractivity contribution < 1.29 is 9.18 Å². The van der Waals surface area contributed by atoms with Crippen LogP contribution in [0.25, 0.3) is 0 Å². The first-order chi connectivity index (χ1) is 10.6. The van der Waals surface area contributed by atoms with Crippen LogP contribution in [0.15, 0.2) is 42.5 Å². The van der Waals surface area contributed by atoms with Crippen molar-refractivity contribution in [3.63, 3.8) is 0 Å². The van der Waals surface area contributed by atoms with Gasteiger partial charge in [-0.05, 0) is 43.2 Å². The van der Waals surface area contributed by atoms with E-state index in [2.05, 4.69) is 5.32 Å². The van der Waals surface area contributed by atoms with Crippen molar-refractivity contribution in [2.45, 2.75) is 19.4 Å². The number of halogens is 2. The van der Waals surface area contributed by atoms with Gasteiger partial charge in [0.05, 0.1) is 6.04 Å². The molecule has 0 bridgehead atoms. The zero-order valence-corrected chi connectivity index (χ0v) is 14.0. The zero-order valence-electron chi connectivity index (χ0n) is 13.2. The van der Waals surface area contributed by atoms with Crippen LogP contribution in [0.2, 0.25) is 0 Å². The first kappa shape index (κ1) is 17.3. The first-order valence-electron chi connectivity index (χ1n) is 7.46. The van der Waals surface area contributed by atoms with Crippen molar-refractivity contribution in [3.8, 4) is 0 Å². The van der Waals surface area contributed by atoms with Gasteiger partial charge in [0.15, 0.2) is 0 Å². The van der Waals surface area contributed by atoms with E-state index in [0.717, 1.165) is 24.2 Å². The molecule has 0 spiro atoms. The van der Waals surface area contributed by atoms with Gasteiger partial charge in [-0.3, -0.25) is 4.79 Å². The summed E-state index contributed by atoms with van der Waals surface area (Å²) in [6.45, 7) is 2.75. The lowest BCUT2D eigenvalue weighted by Crippen LogP contribution is -2.30. The highest BCUT2D eigenvalue weighted by Crippen LogP contribution is 2.26. The monoisotopic (exact) mass is 334 g/mol. The second-order valence-electron chi connectivity index (χ2n) is 5.66. The largest absolute Gasteiger partial charge is 0.384 e. The molecule has 2 aromatic rings. The maximum absolute atomic E-state index is 13.9. The van der Waals surface area contributed by atoms with Crippen LogP contribution in [0.3, 0.4) is 0 Å². The number of rotatable bonds is 3. The molecule has 23 heavy (non-hydrogen) atoms. The highest BCUT2D eigenvalue weighted by Gasteiger charge is 2.22. The molecule has 3 rings (SSSR count). The van der Waals surface area contributed by atoms with Crippen LogP contribution < -0.4 is 5.32 Å². The standard InChI is InChI=1S/C18H19FN2O.ClH/c1-12(15-5-3-4-6-16(15)19)21(2)18(22)14-7-8-17-13(11-14)9-10-20-17;/h3-8,11-12,20H,9-10H2,1-2H3;1H. The molecule has 1 N–H and O–H groups in total. The smallest absolute Gasteiger partial charge is 0.254 e. The number of benzene rings is 2. The third-order valence-corrected chi connectivity index (χ3v) is 4.32. The van der Waals surface area contributed by atoms with Gasteiger partial charge in [-0.25, -0.2) is 4.39 Å². The van der Waals surface area contributed by atoms with Crippen molar-refractivity contribution in [3.05, 3.63) is 65.0 Å². The Bertz CT molecular complexity index is 720. The molecule has 1 aliphatic rings. The zero-order chi connectivity index (χ0) is 15.7. The number of fused-ring (bicyclic) bond motifs is 1. The Labute approximate surface area is 141 Å². The average molecular weight is 335 g/mol. The van der Waals surface area contributed by atoms with Crippen LogP contribution >= 0.6 is 12.4 Å². The van der Waals surface area contributed by atoms with Gasteiger partial charge in [-0.1, -0.05) is 18.2 Å². The number of hydrogen-bond donors (Lipinski definition) is 1. The van der Waals surface area contributed by atoms with Crippen LogP contribution in [-0.4, -0.2) is 24.4 Å². The van der Waals surface area contributed by atoms with Gasteiger partial charge in [-0.15, -0.1) is 12.4 Å². The summed E-state index contributed by atoms with van der Waals surface area (Å²) in [5, 5.41) is 3.28. The normalized spacial score (nSPS) is 13.5. The molecule has 1 atom stereocenters. The van der Waals surface area contributed by atoms with E-state index in [4.69, 9.17) is 0 Å². The van der Waals surface area contributed by atoms with E-state index in [0.29, 0.717) is 11.1 Å². The third-order valence-electron chi connectivity index (χ3n) is 4.32. The van der Waals surface area contributed by atoms with Crippen LogP contribution in [0, 0.1) is 5.82 Å². The summed E-state index contributed by atoms with van der Waals surface area (Å²) in [4.78, 5) is 14.2. The van der Waals surface area contributed by atoms with Crippen LogP contribution in [0.5, 0.6) is 0 Å². The summed E-state index contributed by atoms with van der Waals surface area (Å²) < 4.78 is 13.9. The molecule has 122 valence electrons. The molecule has 3 nitrogen and oxygen atoms in total. The van der Waals surface area contributed by atoms with E-state index in [-0.39, 0.29) is 30.2 Å². The number of amides is 1. The molecule has 1 unspecified atom stereocenters. The number of nitrogens with one attached hydrogen (secondary N) is 1. The van der Waals surface area contributed by atoms with Crippen LogP contribution in [0.1, 0.15) is 34.5 Å². The van der Waals surface area contributed by atoms with E-state index in [9.17, 15) is 9.18 Å². The predicted octanol–water partition coefficient (Wildman–Crippen LogP) is 4.05. The minimum atomic E-state index is -0.319. The molecule has 0 aliphatic carbocycles. The minimum absolute atomic E-state index is 0. The molecular weight excluding hydrogens is 315 g/mol. The Hall–Kier alpha value is -2.07. The van der Waals surface area contributed by atoms with Gasteiger partial charge in [-0.2, -0.15) is 0 Å². The number of nitrogens with zero attached hydrogens (tertiary/aromatic N) is 1. The maximum atomic E-state index is 13.9. The van der Waals surface area contributed by atoms with Gasteiger partial charge in [0.25, 0.3) is 5.91 Å². The van der Waals surface area contributed by atoms with E-state index >= 15 is 0 Å². The highest BCUT2D eigenvalue weighted by molar-refractivity contribution is 5.95. The molecular formula is C18H20ClFN2O. The lowest BCUT2D eigenvalue weighted by atomic mass is 10.0. The highest BCUT2D eigenvalue weighted by atomic mass is 35.5. The Morgan fingerprint density at radius 2 is 2.00 bits per heavy atom. The fourth-order valence-corrected chi connectivity index (χ4v) is 2.84. The molecule has 0 radical (unpaired) electrons. The minimum Gasteiger partial charge on any atom is -0.384 e. The van der Waals surface area contributed by atoms with Gasteiger partial charge in [0.2, 0.25) is 0 Å². The fraction of sp³-hybridized carbons (Fsp3) is 0.278. The maximum Gasteiger partial charge on any atom is 0.254 e. The van der Waals surface area contributed by atoms with Crippen molar-refractivity contribution in [1.29, 1.82) is 0 Å². The summed E-state index contributed by atoms with van der Waals surface area (Å²) in [6, 6.07) is 12.0. The first-order valence-corrected chi connectivity index (χ1v) is 7.46. The van der Waals surface area contributed by atoms with E-state index < -0.39 is 0 Å². The Morgan fingerprint density at radius 3 is 2.74 bits per heavy atom. The lowest BCUT2D eigenvalue weighted by molar-refractivity contribution is 0.0740. The number of hydrogen-bond acceptors (Lipinski definition) is 2. The van der Waals surface area contributed by atoms with Gasteiger partial charge in [0.1, 0.15) is 5.82 Å². The van der Waals surface area contributed by atoms with Crippen molar-refractivity contribution in [2.24, 2.45) is 0 Å². The lowest BCUT2D eigenvalue weighted by Gasteiger charge is -2.26. The fourth-order valence-electron chi connectivity index (χ4n) is 2.84. The quantitative estimate of drug-likeness (QED) is 0.918. The average Bonchev–Trinajstić information content (AvgIpc) is 3.00. The molecule has 1 amide bonds. The number of carbonyl (C=O) groups is 1. The third kappa shape index (κ3) is 3.32. The molecule has 0 aromatic heterocycles. The van der Waals surface area contributed by atoms with Crippen molar-refractivity contribution >= 4 is 24.0 Å². The Kier molecular flexibility index (Phi) is 5.26. The second kappa shape index (κ2) is 7.01. The predicted molar refractivity (Wildman–Crippen MR) is 92.8 cm³/mol. The van der Waals surface area contributed by atoms with E-state index in [1.807, 2.05) is 25.1 Å². The van der Waals surface area contributed by atoms with Crippen molar-refractivity contribution in [2.75, 3.05) is 18.9 Å². The SMILES string of the molecule is CC(c1ccccc1F)N(C)C(=O)c1ccc2c(c1)CCN2.Cl.